The molecule has 1 unspecified atom stereocenters. The molecule has 0 aromatic heterocycles. The Kier molecular flexibility index (Phi) is 5.32. The van der Waals surface area contributed by atoms with E-state index in [1.165, 1.54) is 18.2 Å². The number of nitrogen functional groups attached to an aromatic ring is 1. The molecule has 5 heteroatoms. The molecule has 0 fully saturated rings. The van der Waals surface area contributed by atoms with E-state index in [2.05, 4.69) is 11.9 Å². The first kappa shape index (κ1) is 14.2. The molecule has 0 aliphatic heterocycles. The predicted molar refractivity (Wildman–Crippen MR) is 68.2 cm³/mol. The first-order valence-electron chi connectivity index (χ1n) is 5.65. The summed E-state index contributed by atoms with van der Waals surface area (Å²) in [7, 11) is 0. The molecule has 1 aromatic rings. The molecule has 18 heavy (non-hydrogen) atoms. The fourth-order valence-electron chi connectivity index (χ4n) is 1.48. The summed E-state index contributed by atoms with van der Waals surface area (Å²) in [5, 5.41) is 12.4. The van der Waals surface area contributed by atoms with Crippen molar-refractivity contribution in [1.29, 1.82) is 0 Å². The Morgan fingerprint density at radius 1 is 1.61 bits per heavy atom. The molecule has 0 radical (unpaired) electrons. The molecular weight excluding hydrogens is 235 g/mol. The minimum atomic E-state index is -0.831. The van der Waals surface area contributed by atoms with Gasteiger partial charge in [-0.2, -0.15) is 0 Å². The van der Waals surface area contributed by atoms with Crippen LogP contribution in [-0.4, -0.2) is 17.6 Å². The lowest BCUT2D eigenvalue weighted by molar-refractivity contribution is -0.121. The zero-order chi connectivity index (χ0) is 13.5. The van der Waals surface area contributed by atoms with Gasteiger partial charge in [0.05, 0.1) is 11.8 Å². The fourth-order valence-corrected chi connectivity index (χ4v) is 1.48. The Hall–Kier alpha value is -1.88. The summed E-state index contributed by atoms with van der Waals surface area (Å²) in [4.78, 5) is 11.3. The first-order chi connectivity index (χ1) is 8.54. The van der Waals surface area contributed by atoms with Gasteiger partial charge < -0.3 is 16.2 Å². The summed E-state index contributed by atoms with van der Waals surface area (Å²) in [6, 6.07) is 4.03. The van der Waals surface area contributed by atoms with Crippen LogP contribution in [0.25, 0.3) is 0 Å². The Morgan fingerprint density at radius 3 is 2.94 bits per heavy atom. The molecule has 1 rings (SSSR count). The van der Waals surface area contributed by atoms with E-state index in [1.807, 2.05) is 0 Å². The number of halogens is 1. The van der Waals surface area contributed by atoms with E-state index in [4.69, 9.17) is 5.73 Å². The van der Waals surface area contributed by atoms with Crippen LogP contribution in [0.1, 0.15) is 24.5 Å². The molecule has 0 aliphatic carbocycles. The van der Waals surface area contributed by atoms with Crippen molar-refractivity contribution in [3.8, 4) is 0 Å². The van der Waals surface area contributed by atoms with Crippen molar-refractivity contribution < 1.29 is 14.3 Å². The quantitative estimate of drug-likeness (QED) is 0.531. The molecule has 4 N–H and O–H groups in total. The van der Waals surface area contributed by atoms with Gasteiger partial charge in [0.1, 0.15) is 5.82 Å². The number of aliphatic hydroxyl groups is 1. The summed E-state index contributed by atoms with van der Waals surface area (Å²) in [6.07, 6.45) is 1.19. The highest BCUT2D eigenvalue weighted by molar-refractivity contribution is 5.76. The van der Waals surface area contributed by atoms with Gasteiger partial charge in [0, 0.05) is 13.0 Å². The molecule has 0 bridgehead atoms. The molecule has 0 aliphatic rings. The molecule has 0 saturated heterocycles. The van der Waals surface area contributed by atoms with Crippen molar-refractivity contribution in [2.45, 2.75) is 18.9 Å². The van der Waals surface area contributed by atoms with Crippen LogP contribution in [-0.2, 0) is 4.79 Å². The third kappa shape index (κ3) is 4.18. The predicted octanol–water partition coefficient (Wildman–Crippen LogP) is 1.52. The second-order valence-electron chi connectivity index (χ2n) is 3.93. The van der Waals surface area contributed by atoms with Gasteiger partial charge in [0.15, 0.2) is 0 Å². The molecule has 1 amide bonds. The average Bonchev–Trinajstić information content (AvgIpc) is 2.36. The standard InChI is InChI=1S/C13H17FN2O2/c1-2-7-16-13(18)6-5-12(17)9-3-4-10(14)11(15)8-9/h2-4,8,12,17H,1,5-7,15H2,(H,16,18). The SMILES string of the molecule is C=CCNC(=O)CCC(O)c1ccc(F)c(N)c1. The summed E-state index contributed by atoms with van der Waals surface area (Å²) < 4.78 is 12.9. The van der Waals surface area contributed by atoms with Crippen LogP contribution in [0.4, 0.5) is 10.1 Å². The van der Waals surface area contributed by atoms with Crippen LogP contribution in [0.3, 0.4) is 0 Å². The highest BCUT2D eigenvalue weighted by Gasteiger charge is 2.11. The van der Waals surface area contributed by atoms with E-state index in [1.54, 1.807) is 6.08 Å². The monoisotopic (exact) mass is 252 g/mol. The topological polar surface area (TPSA) is 75.3 Å². The Morgan fingerprint density at radius 2 is 2.33 bits per heavy atom. The fraction of sp³-hybridized carbons (Fsp3) is 0.308. The van der Waals surface area contributed by atoms with Gasteiger partial charge >= 0.3 is 0 Å². The van der Waals surface area contributed by atoms with Gasteiger partial charge in [-0.05, 0) is 24.1 Å². The van der Waals surface area contributed by atoms with Gasteiger partial charge in [-0.15, -0.1) is 6.58 Å². The Labute approximate surface area is 105 Å². The molecule has 4 nitrogen and oxygen atoms in total. The average molecular weight is 252 g/mol. The molecule has 1 atom stereocenters. The summed E-state index contributed by atoms with van der Waals surface area (Å²) >= 11 is 0. The first-order valence-corrected chi connectivity index (χ1v) is 5.65. The lowest BCUT2D eigenvalue weighted by Crippen LogP contribution is -2.23. The summed E-state index contributed by atoms with van der Waals surface area (Å²) in [6.45, 7) is 3.88. The molecule has 0 heterocycles. The summed E-state index contributed by atoms with van der Waals surface area (Å²) in [5.74, 6) is -0.682. The number of nitrogens with one attached hydrogen (secondary N) is 1. The zero-order valence-electron chi connectivity index (χ0n) is 10.0. The number of carbonyl (C=O) groups excluding carboxylic acids is 1. The number of aliphatic hydroxyl groups excluding tert-OH is 1. The van der Waals surface area contributed by atoms with Crippen molar-refractivity contribution in [1.82, 2.24) is 5.32 Å². The Balaban J connectivity index is 2.49. The smallest absolute Gasteiger partial charge is 0.220 e. The number of carbonyl (C=O) groups is 1. The normalized spacial score (nSPS) is 11.9. The van der Waals surface area contributed by atoms with E-state index in [0.29, 0.717) is 12.1 Å². The second kappa shape index (κ2) is 6.76. The summed E-state index contributed by atoms with van der Waals surface area (Å²) in [5.41, 5.74) is 5.90. The lowest BCUT2D eigenvalue weighted by atomic mass is 10.0. The number of rotatable bonds is 6. The van der Waals surface area contributed by atoms with E-state index < -0.39 is 11.9 Å². The maximum Gasteiger partial charge on any atom is 0.220 e. The number of nitrogens with two attached hydrogens (primary N) is 1. The van der Waals surface area contributed by atoms with Crippen molar-refractivity contribution >= 4 is 11.6 Å². The van der Waals surface area contributed by atoms with Crippen molar-refractivity contribution in [3.05, 3.63) is 42.2 Å². The molecule has 98 valence electrons. The van der Waals surface area contributed by atoms with Gasteiger partial charge in [-0.1, -0.05) is 12.1 Å². The van der Waals surface area contributed by atoms with E-state index in [9.17, 15) is 14.3 Å². The van der Waals surface area contributed by atoms with Crippen LogP contribution < -0.4 is 11.1 Å². The van der Waals surface area contributed by atoms with E-state index in [-0.39, 0.29) is 24.4 Å². The number of amides is 1. The van der Waals surface area contributed by atoms with Gasteiger partial charge in [-0.3, -0.25) is 4.79 Å². The second-order valence-corrected chi connectivity index (χ2v) is 3.93. The van der Waals surface area contributed by atoms with E-state index >= 15 is 0 Å². The van der Waals surface area contributed by atoms with Crippen LogP contribution in [0.15, 0.2) is 30.9 Å². The van der Waals surface area contributed by atoms with Gasteiger partial charge in [0.25, 0.3) is 0 Å². The Bertz CT molecular complexity index is 435. The largest absolute Gasteiger partial charge is 0.396 e. The van der Waals surface area contributed by atoms with Crippen molar-refractivity contribution in [2.75, 3.05) is 12.3 Å². The third-order valence-corrected chi connectivity index (χ3v) is 2.49. The van der Waals surface area contributed by atoms with Crippen LogP contribution >= 0.6 is 0 Å². The van der Waals surface area contributed by atoms with Crippen molar-refractivity contribution in [2.24, 2.45) is 0 Å². The van der Waals surface area contributed by atoms with E-state index in [0.717, 1.165) is 0 Å². The minimum absolute atomic E-state index is 0.0114. The van der Waals surface area contributed by atoms with Crippen LogP contribution in [0.5, 0.6) is 0 Å². The van der Waals surface area contributed by atoms with Crippen molar-refractivity contribution in [3.63, 3.8) is 0 Å². The van der Waals surface area contributed by atoms with Crippen LogP contribution in [0.2, 0.25) is 0 Å². The number of hydrogen-bond acceptors (Lipinski definition) is 3. The lowest BCUT2D eigenvalue weighted by Gasteiger charge is -2.11. The zero-order valence-corrected chi connectivity index (χ0v) is 10.0. The third-order valence-electron chi connectivity index (χ3n) is 2.49. The number of anilines is 1. The highest BCUT2D eigenvalue weighted by atomic mass is 19.1. The van der Waals surface area contributed by atoms with Crippen LogP contribution in [0, 0.1) is 5.82 Å². The minimum Gasteiger partial charge on any atom is -0.396 e. The highest BCUT2D eigenvalue weighted by Crippen LogP contribution is 2.21. The molecular formula is C13H17FN2O2. The molecule has 0 saturated carbocycles. The number of hydrogen-bond donors (Lipinski definition) is 3. The van der Waals surface area contributed by atoms with Gasteiger partial charge in [-0.25, -0.2) is 4.39 Å². The maximum atomic E-state index is 12.9. The maximum absolute atomic E-state index is 12.9. The molecule has 0 spiro atoms. The molecule has 1 aromatic carbocycles. The van der Waals surface area contributed by atoms with Gasteiger partial charge in [0.2, 0.25) is 5.91 Å². The number of benzene rings is 1.